The van der Waals surface area contributed by atoms with E-state index in [0.29, 0.717) is 18.4 Å². The molecule has 9 heteroatoms. The smallest absolute Gasteiger partial charge is 0.309 e. The molecule has 0 heterocycles. The Hall–Kier alpha value is -2.52. The molecule has 0 aromatic rings. The van der Waals surface area contributed by atoms with Crippen LogP contribution in [0, 0.1) is 40.4 Å². The Morgan fingerprint density at radius 1 is 0.746 bits per heavy atom. The molecule has 4 aliphatic rings. The highest BCUT2D eigenvalue weighted by atomic mass is 16.6. The zero-order chi connectivity index (χ0) is 46.4. The van der Waals surface area contributed by atoms with E-state index in [1.165, 1.54) is 96.3 Å². The number of hydrogen-bond acceptors (Lipinski definition) is 9. The lowest BCUT2D eigenvalue weighted by molar-refractivity contribution is -0.207. The molecule has 4 aliphatic carbocycles. The van der Waals surface area contributed by atoms with Crippen LogP contribution in [0.2, 0.25) is 0 Å². The van der Waals surface area contributed by atoms with Crippen LogP contribution in [0.25, 0.3) is 0 Å². The maximum absolute atomic E-state index is 15.4. The summed E-state index contributed by atoms with van der Waals surface area (Å²) in [5.74, 6) is -3.98. The van der Waals surface area contributed by atoms with Gasteiger partial charge in [-0.3, -0.25) is 19.2 Å². The van der Waals surface area contributed by atoms with Crippen LogP contribution in [0.5, 0.6) is 0 Å². The number of ether oxygens (including phenoxy) is 3. The van der Waals surface area contributed by atoms with Crippen molar-refractivity contribution >= 4 is 23.7 Å². The van der Waals surface area contributed by atoms with E-state index in [2.05, 4.69) is 13.8 Å². The van der Waals surface area contributed by atoms with Crippen molar-refractivity contribution in [1.29, 1.82) is 0 Å². The molecule has 0 amide bonds. The predicted molar refractivity (Wildman–Crippen MR) is 251 cm³/mol. The van der Waals surface area contributed by atoms with E-state index in [1.54, 1.807) is 26.0 Å². The SMILES string of the molecule is CCCCCCCCCCCCCCCC(=O)OCC1=C[C@@H]2C(=O)C3(C=C(C)[C@H](OC(=O)C(C)C(C)C)[C@@]3(O)[C@@H]1O)C(C)CC1(OC(=O)CCCCCCCCCCC)C2C1(C)C. The maximum atomic E-state index is 15.4. The van der Waals surface area contributed by atoms with Crippen molar-refractivity contribution in [2.24, 2.45) is 40.4 Å². The first-order chi connectivity index (χ1) is 30.0. The number of rotatable bonds is 30. The number of carbonyl (C=O) groups excluding carboxylic acids is 4. The number of hydrogen-bond donors (Lipinski definition) is 2. The highest BCUT2D eigenvalue weighted by molar-refractivity contribution is 5.96. The molecule has 5 unspecified atom stereocenters. The molecule has 2 fully saturated rings. The van der Waals surface area contributed by atoms with Gasteiger partial charge in [0, 0.05) is 30.1 Å². The van der Waals surface area contributed by atoms with Gasteiger partial charge in [0.05, 0.1) is 11.3 Å². The normalized spacial score (nSPS) is 29.8. The van der Waals surface area contributed by atoms with Gasteiger partial charge in [0.2, 0.25) is 0 Å². The lowest BCUT2D eigenvalue weighted by Crippen LogP contribution is -2.66. The topological polar surface area (TPSA) is 136 Å². The summed E-state index contributed by atoms with van der Waals surface area (Å²) in [4.78, 5) is 56.0. The number of fused-ring (bicyclic) bond motifs is 3. The molecule has 9 atom stereocenters. The minimum absolute atomic E-state index is 0.0436. The Bertz CT molecular complexity index is 1560. The molecular formula is C54H90O9. The largest absolute Gasteiger partial charge is 0.461 e. The van der Waals surface area contributed by atoms with Gasteiger partial charge in [-0.1, -0.05) is 196 Å². The van der Waals surface area contributed by atoms with Gasteiger partial charge in [0.1, 0.15) is 18.3 Å². The molecule has 0 aromatic heterocycles. The summed E-state index contributed by atoms with van der Waals surface area (Å²) in [7, 11) is 0. The molecule has 0 aliphatic heterocycles. The van der Waals surface area contributed by atoms with Crippen molar-refractivity contribution in [2.45, 2.75) is 246 Å². The third-order valence-electron chi connectivity index (χ3n) is 16.1. The molecular weight excluding hydrogens is 793 g/mol. The van der Waals surface area contributed by atoms with Crippen LogP contribution >= 0.6 is 0 Å². The summed E-state index contributed by atoms with van der Waals surface area (Å²) in [6, 6.07) is 0. The van der Waals surface area contributed by atoms with Crippen LogP contribution in [0.1, 0.15) is 223 Å². The number of ketones is 1. The average molecular weight is 883 g/mol. The standard InChI is InChI=1S/C54H90O9/c1-10-12-14-16-18-20-21-22-23-25-26-28-30-32-44(55)61-37-42-34-43-46-51(8,9)53(46,63-45(56)33-31-29-27-24-19-17-15-13-11-2)36-40(6)52(48(43)58)35-39(5)49(54(52,60)47(42)57)62-50(59)41(7)38(3)4/h34-35,38,40-41,43,46-47,49,57,60H,10-33,36-37H2,1-9H3/t40?,41?,43-,46?,47+,49-,52?,53?,54-/m0/s1. The molecule has 2 bridgehead atoms. The summed E-state index contributed by atoms with van der Waals surface area (Å²) >= 11 is 0. The van der Waals surface area contributed by atoms with Gasteiger partial charge in [-0.05, 0) is 49.2 Å². The van der Waals surface area contributed by atoms with E-state index in [-0.39, 0.29) is 42.7 Å². The highest BCUT2D eigenvalue weighted by Gasteiger charge is 2.83. The predicted octanol–water partition coefficient (Wildman–Crippen LogP) is 12.3. The number of unbranched alkanes of at least 4 members (excludes halogenated alkanes) is 20. The van der Waals surface area contributed by atoms with E-state index in [9.17, 15) is 24.6 Å². The van der Waals surface area contributed by atoms with Gasteiger partial charge < -0.3 is 24.4 Å². The zero-order valence-corrected chi connectivity index (χ0v) is 41.3. The fraction of sp³-hybridized carbons (Fsp3) is 0.852. The Morgan fingerprint density at radius 3 is 1.68 bits per heavy atom. The molecule has 2 saturated carbocycles. The van der Waals surface area contributed by atoms with Crippen molar-refractivity contribution in [3.63, 3.8) is 0 Å². The third kappa shape index (κ3) is 12.1. The molecule has 63 heavy (non-hydrogen) atoms. The van der Waals surface area contributed by atoms with Crippen LogP contribution in [-0.2, 0) is 33.4 Å². The van der Waals surface area contributed by atoms with Crippen molar-refractivity contribution in [1.82, 2.24) is 0 Å². The molecule has 4 rings (SSSR count). The van der Waals surface area contributed by atoms with E-state index in [1.807, 2.05) is 34.6 Å². The fourth-order valence-corrected chi connectivity index (χ4v) is 11.7. The van der Waals surface area contributed by atoms with Crippen LogP contribution in [-0.4, -0.2) is 63.9 Å². The van der Waals surface area contributed by atoms with Crippen LogP contribution in [0.4, 0.5) is 0 Å². The lowest BCUT2D eigenvalue weighted by Gasteiger charge is -2.49. The molecule has 1 spiro atoms. The Balaban J connectivity index is 1.49. The minimum Gasteiger partial charge on any atom is -0.461 e. The Labute approximate surface area is 382 Å². The van der Waals surface area contributed by atoms with Crippen LogP contribution < -0.4 is 0 Å². The first-order valence-corrected chi connectivity index (χ1v) is 25.9. The number of esters is 3. The second-order valence-electron chi connectivity index (χ2n) is 21.4. The Kier molecular flexibility index (Phi) is 20.5. The number of allylic oxidation sites excluding steroid dienone is 1. The van der Waals surface area contributed by atoms with Gasteiger partial charge in [-0.25, -0.2) is 0 Å². The molecule has 9 nitrogen and oxygen atoms in total. The molecule has 0 aromatic carbocycles. The van der Waals surface area contributed by atoms with Gasteiger partial charge in [-0.2, -0.15) is 0 Å². The van der Waals surface area contributed by atoms with E-state index in [0.717, 1.165) is 38.5 Å². The Morgan fingerprint density at radius 2 is 1.21 bits per heavy atom. The van der Waals surface area contributed by atoms with Gasteiger partial charge >= 0.3 is 17.9 Å². The number of carbonyl (C=O) groups is 4. The monoisotopic (exact) mass is 883 g/mol. The van der Waals surface area contributed by atoms with E-state index >= 15 is 4.79 Å². The average Bonchev–Trinajstić information content (AvgIpc) is 3.64. The summed E-state index contributed by atoms with van der Waals surface area (Å²) in [6.45, 7) is 17.4. The maximum Gasteiger partial charge on any atom is 0.309 e. The van der Waals surface area contributed by atoms with Gasteiger partial charge in [0.25, 0.3) is 0 Å². The third-order valence-corrected chi connectivity index (χ3v) is 16.1. The number of aliphatic hydroxyl groups is 2. The second-order valence-corrected chi connectivity index (χ2v) is 21.4. The summed E-state index contributed by atoms with van der Waals surface area (Å²) < 4.78 is 18.6. The zero-order valence-electron chi connectivity index (χ0n) is 41.3. The lowest BCUT2D eigenvalue weighted by atomic mass is 9.59. The van der Waals surface area contributed by atoms with Crippen molar-refractivity contribution in [3.8, 4) is 0 Å². The van der Waals surface area contributed by atoms with Crippen molar-refractivity contribution < 1.29 is 43.6 Å². The summed E-state index contributed by atoms with van der Waals surface area (Å²) in [5.41, 5.74) is -4.89. The summed E-state index contributed by atoms with van der Waals surface area (Å²) in [5, 5.41) is 25.7. The molecule has 0 saturated heterocycles. The first kappa shape index (κ1) is 53.1. The molecule has 360 valence electrons. The van der Waals surface area contributed by atoms with Crippen LogP contribution in [0.15, 0.2) is 23.3 Å². The second kappa shape index (κ2) is 24.3. The highest BCUT2D eigenvalue weighted by Crippen LogP contribution is 2.75. The van der Waals surface area contributed by atoms with Crippen molar-refractivity contribution in [3.05, 3.63) is 23.3 Å². The number of Topliss-reactive ketones (excluding diaryl/α,β-unsaturated/α-hetero) is 1. The van der Waals surface area contributed by atoms with Crippen molar-refractivity contribution in [2.75, 3.05) is 6.61 Å². The quantitative estimate of drug-likeness (QED) is 0.0313. The van der Waals surface area contributed by atoms with Crippen LogP contribution in [0.3, 0.4) is 0 Å². The molecule has 2 N–H and O–H groups in total. The fourth-order valence-electron chi connectivity index (χ4n) is 11.7. The van der Waals surface area contributed by atoms with E-state index < -0.39 is 69.9 Å². The van der Waals surface area contributed by atoms with Gasteiger partial charge in [0.15, 0.2) is 17.5 Å². The van der Waals surface area contributed by atoms with E-state index in [4.69, 9.17) is 14.2 Å². The summed E-state index contributed by atoms with van der Waals surface area (Å²) in [6.07, 6.45) is 27.0. The van der Waals surface area contributed by atoms with Gasteiger partial charge in [-0.15, -0.1) is 0 Å². The molecule has 0 radical (unpaired) electrons. The number of aliphatic hydroxyl groups excluding tert-OH is 1. The minimum atomic E-state index is -2.30. The first-order valence-electron chi connectivity index (χ1n) is 25.9.